The number of carboxylic acid groups (broad SMARTS) is 1. The number of halogens is 1. The second-order valence-electron chi connectivity index (χ2n) is 4.36. The van der Waals surface area contributed by atoms with Crippen molar-refractivity contribution in [2.75, 3.05) is 0 Å². The van der Waals surface area contributed by atoms with Gasteiger partial charge < -0.3 is 9.67 Å². The highest BCUT2D eigenvalue weighted by atomic mass is 79.9. The Morgan fingerprint density at radius 1 is 1.53 bits per heavy atom. The molecule has 0 fully saturated rings. The number of aryl methyl sites for hydroxylation is 1. The summed E-state index contributed by atoms with van der Waals surface area (Å²) < 4.78 is 3.05. The monoisotopic (exact) mass is 295 g/mol. The van der Waals surface area contributed by atoms with Crippen LogP contribution < -0.4 is 0 Å². The van der Waals surface area contributed by atoms with Gasteiger partial charge in [0, 0.05) is 28.6 Å². The first-order valence-electron chi connectivity index (χ1n) is 5.45. The van der Waals surface area contributed by atoms with Gasteiger partial charge >= 0.3 is 5.97 Å². The van der Waals surface area contributed by atoms with Gasteiger partial charge in [0.15, 0.2) is 0 Å². The minimum absolute atomic E-state index is 0.0190. The summed E-state index contributed by atoms with van der Waals surface area (Å²) in [6.45, 7) is 1.95. The molecule has 1 atom stereocenters. The summed E-state index contributed by atoms with van der Waals surface area (Å²) in [7, 11) is 1.98. The maximum atomic E-state index is 10.8. The van der Waals surface area contributed by atoms with E-state index in [4.69, 9.17) is 5.11 Å². The fourth-order valence-electron chi connectivity index (χ4n) is 2.16. The molecule has 90 valence electrons. The van der Waals surface area contributed by atoms with E-state index < -0.39 is 5.97 Å². The second kappa shape index (κ2) is 4.53. The third-order valence-electron chi connectivity index (χ3n) is 2.99. The minimum Gasteiger partial charge on any atom is -0.481 e. The minimum atomic E-state index is -0.760. The molecule has 0 aliphatic heterocycles. The van der Waals surface area contributed by atoms with Crippen LogP contribution in [0.2, 0.25) is 0 Å². The van der Waals surface area contributed by atoms with Crippen LogP contribution in [0.3, 0.4) is 0 Å². The van der Waals surface area contributed by atoms with Gasteiger partial charge in [0.25, 0.3) is 0 Å². The smallest absolute Gasteiger partial charge is 0.303 e. The van der Waals surface area contributed by atoms with E-state index in [0.717, 1.165) is 20.9 Å². The first kappa shape index (κ1) is 12.2. The van der Waals surface area contributed by atoms with Crippen molar-refractivity contribution in [3.05, 3.63) is 34.4 Å². The van der Waals surface area contributed by atoms with Gasteiger partial charge in [-0.3, -0.25) is 4.79 Å². The van der Waals surface area contributed by atoms with Gasteiger partial charge in [-0.1, -0.05) is 22.9 Å². The predicted molar refractivity (Wildman–Crippen MR) is 71.3 cm³/mol. The maximum absolute atomic E-state index is 10.8. The normalized spacial score (nSPS) is 12.9. The molecule has 1 aromatic heterocycles. The standard InChI is InChI=1S/C13H14BrNO2/c1-8(5-13(16)17)11-7-15(2)12-4-3-9(14)6-10(11)12/h3-4,6-8H,5H2,1-2H3,(H,16,17). The SMILES string of the molecule is CC(CC(=O)O)c1cn(C)c2ccc(Br)cc12. The predicted octanol–water partition coefficient (Wildman–Crippen LogP) is 3.52. The van der Waals surface area contributed by atoms with Gasteiger partial charge in [-0.05, 0) is 29.7 Å². The lowest BCUT2D eigenvalue weighted by molar-refractivity contribution is -0.137. The largest absolute Gasteiger partial charge is 0.481 e. The lowest BCUT2D eigenvalue weighted by Crippen LogP contribution is -2.02. The molecule has 0 spiro atoms. The highest BCUT2D eigenvalue weighted by Gasteiger charge is 2.15. The van der Waals surface area contributed by atoms with Gasteiger partial charge in [0.2, 0.25) is 0 Å². The Morgan fingerprint density at radius 2 is 2.24 bits per heavy atom. The van der Waals surface area contributed by atoms with Gasteiger partial charge in [-0.2, -0.15) is 0 Å². The Morgan fingerprint density at radius 3 is 2.88 bits per heavy atom. The molecule has 0 saturated heterocycles. The number of carbonyl (C=O) groups is 1. The maximum Gasteiger partial charge on any atom is 0.303 e. The molecule has 2 rings (SSSR count). The molecule has 4 heteroatoms. The van der Waals surface area contributed by atoms with E-state index in [9.17, 15) is 4.79 Å². The quantitative estimate of drug-likeness (QED) is 0.941. The number of benzene rings is 1. The van der Waals surface area contributed by atoms with Crippen molar-refractivity contribution in [1.82, 2.24) is 4.57 Å². The van der Waals surface area contributed by atoms with Crippen molar-refractivity contribution >= 4 is 32.8 Å². The number of aliphatic carboxylic acids is 1. The molecule has 2 aromatic rings. The Bertz CT molecular complexity index is 574. The molecule has 1 N–H and O–H groups in total. The molecular weight excluding hydrogens is 282 g/mol. The van der Waals surface area contributed by atoms with E-state index in [2.05, 4.69) is 15.9 Å². The van der Waals surface area contributed by atoms with E-state index in [0.29, 0.717) is 0 Å². The van der Waals surface area contributed by atoms with Crippen molar-refractivity contribution in [3.63, 3.8) is 0 Å². The molecule has 0 saturated carbocycles. The Labute approximate surface area is 108 Å². The highest BCUT2D eigenvalue weighted by Crippen LogP contribution is 2.31. The zero-order chi connectivity index (χ0) is 12.6. The third-order valence-corrected chi connectivity index (χ3v) is 3.49. The van der Waals surface area contributed by atoms with Crippen LogP contribution >= 0.6 is 15.9 Å². The van der Waals surface area contributed by atoms with Crippen molar-refractivity contribution < 1.29 is 9.90 Å². The van der Waals surface area contributed by atoms with Crippen LogP contribution in [0, 0.1) is 0 Å². The Balaban J connectivity index is 2.53. The number of hydrogen-bond acceptors (Lipinski definition) is 1. The summed E-state index contributed by atoms with van der Waals surface area (Å²) in [6, 6.07) is 6.08. The lowest BCUT2D eigenvalue weighted by atomic mass is 9.97. The van der Waals surface area contributed by atoms with Crippen LogP contribution in [0.5, 0.6) is 0 Å². The van der Waals surface area contributed by atoms with Crippen LogP contribution in [-0.2, 0) is 11.8 Å². The molecule has 3 nitrogen and oxygen atoms in total. The van der Waals surface area contributed by atoms with Crippen LogP contribution in [0.1, 0.15) is 24.8 Å². The van der Waals surface area contributed by atoms with Crippen molar-refractivity contribution in [2.45, 2.75) is 19.3 Å². The first-order chi connectivity index (χ1) is 7.99. The van der Waals surface area contributed by atoms with E-state index >= 15 is 0 Å². The average Bonchev–Trinajstić information content (AvgIpc) is 2.54. The zero-order valence-corrected chi connectivity index (χ0v) is 11.4. The van der Waals surface area contributed by atoms with Crippen LogP contribution in [0.15, 0.2) is 28.9 Å². The van der Waals surface area contributed by atoms with Crippen LogP contribution in [-0.4, -0.2) is 15.6 Å². The molecule has 0 amide bonds. The summed E-state index contributed by atoms with van der Waals surface area (Å²) in [5.41, 5.74) is 2.21. The van der Waals surface area contributed by atoms with E-state index in [-0.39, 0.29) is 12.3 Å². The summed E-state index contributed by atoms with van der Waals surface area (Å²) >= 11 is 3.45. The number of rotatable bonds is 3. The Kier molecular flexibility index (Phi) is 3.24. The van der Waals surface area contributed by atoms with E-state index in [1.165, 1.54) is 0 Å². The molecule has 0 bridgehead atoms. The molecule has 0 aliphatic rings. The fourth-order valence-corrected chi connectivity index (χ4v) is 2.52. The zero-order valence-electron chi connectivity index (χ0n) is 9.77. The van der Waals surface area contributed by atoms with Crippen LogP contribution in [0.4, 0.5) is 0 Å². The van der Waals surface area contributed by atoms with Crippen molar-refractivity contribution in [3.8, 4) is 0 Å². The topological polar surface area (TPSA) is 42.2 Å². The molecule has 1 unspecified atom stereocenters. The first-order valence-corrected chi connectivity index (χ1v) is 6.24. The molecule has 1 heterocycles. The summed E-state index contributed by atoms with van der Waals surface area (Å²) in [6.07, 6.45) is 2.18. The third kappa shape index (κ3) is 2.36. The van der Waals surface area contributed by atoms with Crippen LogP contribution in [0.25, 0.3) is 10.9 Å². The lowest BCUT2D eigenvalue weighted by Gasteiger charge is -2.07. The average molecular weight is 296 g/mol. The molecule has 0 aliphatic carbocycles. The Hall–Kier alpha value is -1.29. The molecule has 1 aromatic carbocycles. The molecule has 17 heavy (non-hydrogen) atoms. The van der Waals surface area contributed by atoms with E-state index in [1.54, 1.807) is 0 Å². The summed E-state index contributed by atoms with van der Waals surface area (Å²) in [5, 5.41) is 9.98. The van der Waals surface area contributed by atoms with Gasteiger partial charge in [0.1, 0.15) is 0 Å². The highest BCUT2D eigenvalue weighted by molar-refractivity contribution is 9.10. The number of carboxylic acids is 1. The summed E-state index contributed by atoms with van der Waals surface area (Å²) in [4.78, 5) is 10.8. The van der Waals surface area contributed by atoms with Gasteiger partial charge in [0.05, 0.1) is 6.42 Å². The molecule has 0 radical (unpaired) electrons. The second-order valence-corrected chi connectivity index (χ2v) is 5.27. The summed E-state index contributed by atoms with van der Waals surface area (Å²) in [5.74, 6) is -0.741. The van der Waals surface area contributed by atoms with Crippen molar-refractivity contribution in [2.24, 2.45) is 7.05 Å². The fraction of sp³-hybridized carbons (Fsp3) is 0.308. The van der Waals surface area contributed by atoms with Crippen molar-refractivity contribution in [1.29, 1.82) is 0 Å². The van der Waals surface area contributed by atoms with Gasteiger partial charge in [-0.25, -0.2) is 0 Å². The van der Waals surface area contributed by atoms with Gasteiger partial charge in [-0.15, -0.1) is 0 Å². The molecular formula is C13H14BrNO2. The number of fused-ring (bicyclic) bond motifs is 1. The number of aromatic nitrogens is 1. The van der Waals surface area contributed by atoms with E-state index in [1.807, 2.05) is 42.9 Å². The number of nitrogens with zero attached hydrogens (tertiary/aromatic N) is 1. The number of hydrogen-bond donors (Lipinski definition) is 1.